The van der Waals surface area contributed by atoms with Crippen molar-refractivity contribution in [1.29, 1.82) is 0 Å². The Hall–Kier alpha value is -0.560. The molecule has 1 fully saturated rings. The molecule has 1 rings (SSSR count). The van der Waals surface area contributed by atoms with Gasteiger partial charge in [-0.3, -0.25) is 9.80 Å². The van der Waals surface area contributed by atoms with Crippen LogP contribution in [0.15, 0.2) is 0 Å². The molecule has 0 saturated carbocycles. The first-order chi connectivity index (χ1) is 5.86. The van der Waals surface area contributed by atoms with E-state index >= 15 is 0 Å². The smallest absolute Gasteiger partial charge is 0.0949 e. The van der Waals surface area contributed by atoms with Crippen LogP contribution in [-0.4, -0.2) is 55.7 Å². The Labute approximate surface area is 74.0 Å². The maximum atomic E-state index is 10.3. The van der Waals surface area contributed by atoms with Crippen molar-refractivity contribution in [1.82, 2.24) is 9.80 Å². The molecule has 0 amide bonds. The Kier molecular flexibility index (Phi) is 4.09. The summed E-state index contributed by atoms with van der Waals surface area (Å²) in [4.78, 5) is 4.43. The van der Waals surface area contributed by atoms with Crippen molar-refractivity contribution in [2.24, 2.45) is 0 Å². The van der Waals surface area contributed by atoms with Crippen molar-refractivity contribution in [3.8, 4) is 12.3 Å². The summed E-state index contributed by atoms with van der Waals surface area (Å²) in [5.41, 5.74) is 0. The van der Waals surface area contributed by atoms with Gasteiger partial charge in [0.05, 0.1) is 13.2 Å². The lowest BCUT2D eigenvalue weighted by Gasteiger charge is -2.32. The standard InChI is InChI=1S/C9H15N2O/c1-2-3-10-4-6-11(7-5-10)8-9-12/h1H,3-9H2. The van der Waals surface area contributed by atoms with E-state index in [0.717, 1.165) is 32.7 Å². The predicted molar refractivity (Wildman–Crippen MR) is 47.3 cm³/mol. The van der Waals surface area contributed by atoms with Gasteiger partial charge in [-0.2, -0.15) is 0 Å². The van der Waals surface area contributed by atoms with Gasteiger partial charge in [-0.1, -0.05) is 5.92 Å². The second kappa shape index (κ2) is 5.15. The van der Waals surface area contributed by atoms with Crippen LogP contribution in [-0.2, 0) is 5.11 Å². The normalized spacial score (nSPS) is 20.7. The zero-order chi connectivity index (χ0) is 8.81. The highest BCUT2D eigenvalue weighted by Crippen LogP contribution is 1.99. The molecule has 0 aromatic heterocycles. The first-order valence-electron chi connectivity index (χ1n) is 4.33. The monoisotopic (exact) mass is 167 g/mol. The van der Waals surface area contributed by atoms with Crippen molar-refractivity contribution in [2.45, 2.75) is 0 Å². The van der Waals surface area contributed by atoms with Gasteiger partial charge in [-0.15, -0.1) is 6.42 Å². The van der Waals surface area contributed by atoms with E-state index in [1.165, 1.54) is 0 Å². The van der Waals surface area contributed by atoms with E-state index in [1.54, 1.807) is 0 Å². The third kappa shape index (κ3) is 2.82. The van der Waals surface area contributed by atoms with Crippen molar-refractivity contribution in [2.75, 3.05) is 45.9 Å². The van der Waals surface area contributed by atoms with Crippen LogP contribution in [0.1, 0.15) is 0 Å². The molecule has 0 bridgehead atoms. The Morgan fingerprint density at radius 3 is 2.25 bits per heavy atom. The first-order valence-corrected chi connectivity index (χ1v) is 4.33. The second-order valence-electron chi connectivity index (χ2n) is 3.03. The molecule has 0 atom stereocenters. The SMILES string of the molecule is C#CCN1CCN(CC[O])CC1. The van der Waals surface area contributed by atoms with Gasteiger partial charge in [0, 0.05) is 32.7 Å². The molecule has 1 aliphatic heterocycles. The maximum Gasteiger partial charge on any atom is 0.0949 e. The lowest BCUT2D eigenvalue weighted by molar-refractivity contribution is 0.0980. The third-order valence-corrected chi connectivity index (χ3v) is 2.19. The molecule has 12 heavy (non-hydrogen) atoms. The van der Waals surface area contributed by atoms with Gasteiger partial charge in [-0.05, 0) is 0 Å². The van der Waals surface area contributed by atoms with E-state index in [2.05, 4.69) is 15.7 Å². The molecule has 3 nitrogen and oxygen atoms in total. The molecule has 0 aromatic rings. The highest BCUT2D eigenvalue weighted by Gasteiger charge is 2.14. The van der Waals surface area contributed by atoms with Crippen LogP contribution in [0.3, 0.4) is 0 Å². The van der Waals surface area contributed by atoms with Gasteiger partial charge in [0.2, 0.25) is 0 Å². The molecule has 3 heteroatoms. The van der Waals surface area contributed by atoms with Crippen LogP contribution in [0.25, 0.3) is 0 Å². The number of terminal acetylenes is 1. The van der Waals surface area contributed by atoms with Crippen molar-refractivity contribution in [3.63, 3.8) is 0 Å². The molecule has 0 spiro atoms. The minimum Gasteiger partial charge on any atom is -0.298 e. The van der Waals surface area contributed by atoms with Crippen molar-refractivity contribution < 1.29 is 5.11 Å². The van der Waals surface area contributed by atoms with Crippen LogP contribution in [0, 0.1) is 12.3 Å². The number of piperazine rings is 1. The van der Waals surface area contributed by atoms with Crippen LogP contribution < -0.4 is 0 Å². The second-order valence-corrected chi connectivity index (χ2v) is 3.03. The minimum absolute atomic E-state index is 0.00907. The Morgan fingerprint density at radius 1 is 1.17 bits per heavy atom. The minimum atomic E-state index is 0.00907. The topological polar surface area (TPSA) is 26.4 Å². The summed E-state index contributed by atoms with van der Waals surface area (Å²) in [6, 6.07) is 0. The van der Waals surface area contributed by atoms with Crippen LogP contribution in [0.2, 0.25) is 0 Å². The number of rotatable bonds is 3. The molecular weight excluding hydrogens is 152 g/mol. The van der Waals surface area contributed by atoms with Gasteiger partial charge >= 0.3 is 0 Å². The molecule has 1 heterocycles. The number of nitrogens with zero attached hydrogens (tertiary/aromatic N) is 2. The summed E-state index contributed by atoms with van der Waals surface area (Å²) in [5, 5.41) is 10.3. The summed E-state index contributed by atoms with van der Waals surface area (Å²) in [7, 11) is 0. The largest absolute Gasteiger partial charge is 0.298 e. The molecule has 1 saturated heterocycles. The number of hydrogen-bond donors (Lipinski definition) is 0. The average Bonchev–Trinajstić information content (AvgIpc) is 2.09. The van der Waals surface area contributed by atoms with E-state index in [1.807, 2.05) is 0 Å². The molecule has 1 radical (unpaired) electrons. The van der Waals surface area contributed by atoms with E-state index in [-0.39, 0.29) is 6.61 Å². The van der Waals surface area contributed by atoms with Crippen molar-refractivity contribution in [3.05, 3.63) is 0 Å². The van der Waals surface area contributed by atoms with E-state index < -0.39 is 0 Å². The lowest BCUT2D eigenvalue weighted by Crippen LogP contribution is -2.47. The van der Waals surface area contributed by atoms with Crippen LogP contribution in [0.5, 0.6) is 0 Å². The molecule has 0 aromatic carbocycles. The molecule has 1 aliphatic rings. The Balaban J connectivity index is 2.16. The van der Waals surface area contributed by atoms with Crippen LogP contribution >= 0.6 is 0 Å². The Morgan fingerprint density at radius 2 is 1.75 bits per heavy atom. The zero-order valence-corrected chi connectivity index (χ0v) is 7.33. The van der Waals surface area contributed by atoms with E-state index in [4.69, 9.17) is 6.42 Å². The van der Waals surface area contributed by atoms with Gasteiger partial charge in [0.25, 0.3) is 0 Å². The molecule has 0 unspecified atom stereocenters. The van der Waals surface area contributed by atoms with Gasteiger partial charge in [-0.25, -0.2) is 5.11 Å². The van der Waals surface area contributed by atoms with Gasteiger partial charge in [0.1, 0.15) is 0 Å². The summed E-state index contributed by atoms with van der Waals surface area (Å²) < 4.78 is 0. The first kappa shape index (κ1) is 9.53. The highest BCUT2D eigenvalue weighted by molar-refractivity contribution is 4.89. The maximum absolute atomic E-state index is 10.3. The predicted octanol–water partition coefficient (Wildman–Crippen LogP) is -0.332. The summed E-state index contributed by atoms with van der Waals surface area (Å²) in [5.74, 6) is 2.63. The molecule has 0 N–H and O–H groups in total. The fourth-order valence-electron chi connectivity index (χ4n) is 1.43. The molecular formula is C9H15N2O. The summed E-state index contributed by atoms with van der Waals surface area (Å²) in [6.45, 7) is 5.42. The highest BCUT2D eigenvalue weighted by atomic mass is 16.3. The summed E-state index contributed by atoms with van der Waals surface area (Å²) in [6.07, 6.45) is 5.20. The number of hydrogen-bond acceptors (Lipinski definition) is 2. The zero-order valence-electron chi connectivity index (χ0n) is 7.33. The van der Waals surface area contributed by atoms with E-state index in [0.29, 0.717) is 6.54 Å². The van der Waals surface area contributed by atoms with Crippen LogP contribution in [0.4, 0.5) is 0 Å². The van der Waals surface area contributed by atoms with E-state index in [9.17, 15) is 5.11 Å². The fraction of sp³-hybridized carbons (Fsp3) is 0.778. The lowest BCUT2D eigenvalue weighted by atomic mass is 10.3. The van der Waals surface area contributed by atoms with Crippen molar-refractivity contribution >= 4 is 0 Å². The quantitative estimate of drug-likeness (QED) is 0.538. The third-order valence-electron chi connectivity index (χ3n) is 2.19. The van der Waals surface area contributed by atoms with Gasteiger partial charge in [0.15, 0.2) is 0 Å². The fourth-order valence-corrected chi connectivity index (χ4v) is 1.43. The Bertz CT molecular complexity index is 156. The average molecular weight is 167 g/mol. The molecule has 67 valence electrons. The van der Waals surface area contributed by atoms with Gasteiger partial charge < -0.3 is 0 Å². The molecule has 0 aliphatic carbocycles. The summed E-state index contributed by atoms with van der Waals surface area (Å²) >= 11 is 0.